The molecule has 5 nitrogen and oxygen atoms in total. The van der Waals surface area contributed by atoms with Crippen LogP contribution in [0.2, 0.25) is 0 Å². The summed E-state index contributed by atoms with van der Waals surface area (Å²) in [5.74, 6) is 0. The fourth-order valence-corrected chi connectivity index (χ4v) is 3.53. The van der Waals surface area contributed by atoms with Crippen LogP contribution in [0.25, 0.3) is 10.6 Å². The van der Waals surface area contributed by atoms with Gasteiger partial charge in [-0.15, -0.1) is 11.3 Å². The fraction of sp³-hybridized carbons (Fsp3) is 0.412. The van der Waals surface area contributed by atoms with Crippen molar-refractivity contribution in [2.45, 2.75) is 33.0 Å². The average Bonchev–Trinajstić information content (AvgIpc) is 2.93. The number of carbonyl (C=O) groups is 1. The topological polar surface area (TPSA) is 54.5 Å². The molecule has 0 spiro atoms. The second-order valence-electron chi connectivity index (χ2n) is 5.96. The Balaban J connectivity index is 1.65. The predicted molar refractivity (Wildman–Crippen MR) is 92.9 cm³/mol. The average molecular weight is 331 g/mol. The molecule has 1 aliphatic rings. The first-order valence-corrected chi connectivity index (χ1v) is 8.63. The van der Waals surface area contributed by atoms with Crippen molar-refractivity contribution >= 4 is 23.1 Å². The molecule has 2 heterocycles. The van der Waals surface area contributed by atoms with Crippen LogP contribution in [0, 0.1) is 6.92 Å². The van der Waals surface area contributed by atoms with Crippen molar-refractivity contribution < 1.29 is 9.53 Å². The maximum atomic E-state index is 12.4. The first-order valence-electron chi connectivity index (χ1n) is 7.75. The summed E-state index contributed by atoms with van der Waals surface area (Å²) in [5.41, 5.74) is 2.88. The monoisotopic (exact) mass is 331 g/mol. The maximum absolute atomic E-state index is 12.4. The van der Waals surface area contributed by atoms with Crippen LogP contribution in [0.4, 0.5) is 10.5 Å². The van der Waals surface area contributed by atoms with E-state index < -0.39 is 0 Å². The maximum Gasteiger partial charge on any atom is 0.322 e. The van der Waals surface area contributed by atoms with Gasteiger partial charge >= 0.3 is 6.03 Å². The number of rotatable bonds is 2. The molecule has 0 unspecified atom stereocenters. The Hall–Kier alpha value is -1.92. The van der Waals surface area contributed by atoms with Gasteiger partial charge in [-0.2, -0.15) is 0 Å². The number of thiazole rings is 1. The zero-order chi connectivity index (χ0) is 16.4. The summed E-state index contributed by atoms with van der Waals surface area (Å²) < 4.78 is 5.66. The van der Waals surface area contributed by atoms with E-state index in [4.69, 9.17) is 4.74 Å². The van der Waals surface area contributed by atoms with E-state index in [0.717, 1.165) is 22.0 Å². The number of ether oxygens (including phenoxy) is 1. The third kappa shape index (κ3) is 3.89. The van der Waals surface area contributed by atoms with Crippen LogP contribution in [0.1, 0.15) is 19.5 Å². The number of hydrogen-bond donors (Lipinski definition) is 1. The van der Waals surface area contributed by atoms with Gasteiger partial charge in [0.1, 0.15) is 5.01 Å². The van der Waals surface area contributed by atoms with Gasteiger partial charge in [0.2, 0.25) is 0 Å². The Morgan fingerprint density at radius 3 is 2.48 bits per heavy atom. The van der Waals surface area contributed by atoms with Crippen molar-refractivity contribution in [3.8, 4) is 10.6 Å². The van der Waals surface area contributed by atoms with Gasteiger partial charge in [-0.3, -0.25) is 0 Å². The summed E-state index contributed by atoms with van der Waals surface area (Å²) in [5, 5.41) is 5.98. The number of anilines is 1. The minimum Gasteiger partial charge on any atom is -0.372 e. The lowest BCUT2D eigenvalue weighted by molar-refractivity contribution is -0.0530. The highest BCUT2D eigenvalue weighted by atomic mass is 32.1. The minimum absolute atomic E-state index is 0.0695. The largest absolute Gasteiger partial charge is 0.372 e. The standard InChI is InChI=1S/C17H21N3O2S/c1-11-10-23-16(18-11)14-4-6-15(7-5-14)19-17(21)20-8-12(2)22-13(3)9-20/h4-7,10,12-13H,8-9H2,1-3H3,(H,19,21)/t12-,13-/m1/s1. The number of carbonyl (C=O) groups excluding carboxylic acids is 1. The lowest BCUT2D eigenvalue weighted by Gasteiger charge is -2.35. The molecule has 1 aromatic heterocycles. The van der Waals surface area contributed by atoms with Crippen molar-refractivity contribution in [1.82, 2.24) is 9.88 Å². The lowest BCUT2D eigenvalue weighted by Crippen LogP contribution is -2.49. The summed E-state index contributed by atoms with van der Waals surface area (Å²) >= 11 is 1.62. The van der Waals surface area contributed by atoms with Crippen molar-refractivity contribution in [2.75, 3.05) is 18.4 Å². The Bertz CT molecular complexity index is 673. The highest BCUT2D eigenvalue weighted by Crippen LogP contribution is 2.25. The van der Waals surface area contributed by atoms with Gasteiger partial charge in [0, 0.05) is 35.4 Å². The van der Waals surface area contributed by atoms with Crippen LogP contribution in [-0.2, 0) is 4.74 Å². The number of nitrogens with zero attached hydrogens (tertiary/aromatic N) is 2. The van der Waals surface area contributed by atoms with Crippen molar-refractivity contribution in [1.29, 1.82) is 0 Å². The number of nitrogens with one attached hydrogen (secondary N) is 1. The third-order valence-electron chi connectivity index (χ3n) is 3.71. The Kier molecular flexibility index (Phi) is 4.63. The molecule has 2 aromatic rings. The van der Waals surface area contributed by atoms with Gasteiger partial charge in [0.25, 0.3) is 0 Å². The third-order valence-corrected chi connectivity index (χ3v) is 4.72. The highest BCUT2D eigenvalue weighted by Gasteiger charge is 2.25. The van der Waals surface area contributed by atoms with Crippen molar-refractivity contribution in [3.63, 3.8) is 0 Å². The molecule has 2 atom stereocenters. The van der Waals surface area contributed by atoms with Crippen molar-refractivity contribution in [2.24, 2.45) is 0 Å². The molecular weight excluding hydrogens is 310 g/mol. The summed E-state index contributed by atoms with van der Waals surface area (Å²) in [7, 11) is 0. The number of amides is 2. The lowest BCUT2D eigenvalue weighted by atomic mass is 10.2. The molecule has 0 aliphatic carbocycles. The van der Waals surface area contributed by atoms with Crippen LogP contribution in [0.3, 0.4) is 0 Å². The molecule has 6 heteroatoms. The van der Waals surface area contributed by atoms with E-state index in [1.54, 1.807) is 16.2 Å². The number of benzene rings is 1. The SMILES string of the molecule is Cc1csc(-c2ccc(NC(=O)N3C[C@@H](C)O[C@H](C)C3)cc2)n1. The van der Waals surface area contributed by atoms with Crippen LogP contribution in [-0.4, -0.2) is 41.2 Å². The highest BCUT2D eigenvalue weighted by molar-refractivity contribution is 7.13. The molecular formula is C17H21N3O2S. The van der Waals surface area contributed by atoms with E-state index in [1.807, 2.05) is 50.4 Å². The molecule has 0 saturated carbocycles. The first kappa shape index (κ1) is 16.0. The van der Waals surface area contributed by atoms with Crippen LogP contribution >= 0.6 is 11.3 Å². The number of aromatic nitrogens is 1. The van der Waals surface area contributed by atoms with E-state index >= 15 is 0 Å². The molecule has 122 valence electrons. The normalized spacial score (nSPS) is 21.3. The van der Waals surface area contributed by atoms with E-state index in [0.29, 0.717) is 13.1 Å². The smallest absolute Gasteiger partial charge is 0.322 e. The number of aryl methyl sites for hydroxylation is 1. The minimum atomic E-state index is -0.0788. The van der Waals surface area contributed by atoms with Crippen molar-refractivity contribution in [3.05, 3.63) is 35.3 Å². The molecule has 1 aromatic carbocycles. The van der Waals surface area contributed by atoms with Gasteiger partial charge in [-0.25, -0.2) is 9.78 Å². The zero-order valence-corrected chi connectivity index (χ0v) is 14.4. The molecule has 1 aliphatic heterocycles. The number of urea groups is 1. The molecule has 3 rings (SSSR count). The zero-order valence-electron chi connectivity index (χ0n) is 13.6. The van der Waals surface area contributed by atoms with E-state index in [1.165, 1.54) is 0 Å². The fourth-order valence-electron chi connectivity index (χ4n) is 2.73. The molecule has 2 amide bonds. The van der Waals surface area contributed by atoms with Gasteiger partial charge < -0.3 is 15.0 Å². The van der Waals surface area contributed by atoms with E-state index in [-0.39, 0.29) is 18.2 Å². The van der Waals surface area contributed by atoms with Gasteiger partial charge in [-0.05, 0) is 45.0 Å². The number of morpholine rings is 1. The summed E-state index contributed by atoms with van der Waals surface area (Å²) in [6, 6.07) is 7.72. The molecule has 0 radical (unpaired) electrons. The summed E-state index contributed by atoms with van der Waals surface area (Å²) in [4.78, 5) is 18.6. The second kappa shape index (κ2) is 6.68. The van der Waals surface area contributed by atoms with Crippen LogP contribution in [0.5, 0.6) is 0 Å². The van der Waals surface area contributed by atoms with E-state index in [9.17, 15) is 4.79 Å². The Labute approximate surface area is 140 Å². The van der Waals surface area contributed by atoms with Gasteiger partial charge in [0.05, 0.1) is 12.2 Å². The van der Waals surface area contributed by atoms with Gasteiger partial charge in [-0.1, -0.05) is 0 Å². The van der Waals surface area contributed by atoms with E-state index in [2.05, 4.69) is 10.3 Å². The number of hydrogen-bond acceptors (Lipinski definition) is 4. The van der Waals surface area contributed by atoms with Crippen LogP contribution < -0.4 is 5.32 Å². The first-order chi connectivity index (χ1) is 11.0. The summed E-state index contributed by atoms with van der Waals surface area (Å²) in [6.07, 6.45) is 0.139. The molecule has 23 heavy (non-hydrogen) atoms. The molecule has 1 saturated heterocycles. The van der Waals surface area contributed by atoms with Gasteiger partial charge in [0.15, 0.2) is 0 Å². The Morgan fingerprint density at radius 2 is 1.91 bits per heavy atom. The van der Waals surface area contributed by atoms with Crippen LogP contribution in [0.15, 0.2) is 29.6 Å². The molecule has 1 fully saturated rings. The Morgan fingerprint density at radius 1 is 1.26 bits per heavy atom. The second-order valence-corrected chi connectivity index (χ2v) is 6.82. The molecule has 0 bridgehead atoms. The molecule has 1 N–H and O–H groups in total. The summed E-state index contributed by atoms with van der Waals surface area (Å²) in [6.45, 7) is 7.19. The quantitative estimate of drug-likeness (QED) is 0.911. The predicted octanol–water partition coefficient (Wildman–Crippen LogP) is 3.76.